The summed E-state index contributed by atoms with van der Waals surface area (Å²) in [5, 5.41) is 7.37. The van der Waals surface area contributed by atoms with E-state index in [9.17, 15) is 8.42 Å². The first-order chi connectivity index (χ1) is 18.8. The van der Waals surface area contributed by atoms with Crippen molar-refractivity contribution in [2.75, 3.05) is 26.1 Å². The Morgan fingerprint density at radius 2 is 1.72 bits per heavy atom. The quantitative estimate of drug-likeness (QED) is 0.272. The average Bonchev–Trinajstić information content (AvgIpc) is 3.66. The van der Waals surface area contributed by atoms with E-state index in [2.05, 4.69) is 19.9 Å². The molecule has 0 aliphatic rings. The minimum Gasteiger partial charge on any atom is -0.494 e. The van der Waals surface area contributed by atoms with E-state index >= 15 is 0 Å². The minimum atomic E-state index is -4.10. The number of furan rings is 1. The van der Waals surface area contributed by atoms with Gasteiger partial charge in [0, 0.05) is 19.5 Å². The predicted molar refractivity (Wildman–Crippen MR) is 144 cm³/mol. The van der Waals surface area contributed by atoms with Gasteiger partial charge in [-0.05, 0) is 50.2 Å². The number of benzene rings is 1. The Balaban J connectivity index is 1.59. The molecule has 1 N–H and O–H groups in total. The molecule has 0 aliphatic carbocycles. The van der Waals surface area contributed by atoms with Gasteiger partial charge < -0.3 is 23.0 Å². The Morgan fingerprint density at radius 1 is 0.974 bits per heavy atom. The highest BCUT2D eigenvalue weighted by molar-refractivity contribution is 7.93. The van der Waals surface area contributed by atoms with E-state index in [1.807, 2.05) is 24.4 Å². The summed E-state index contributed by atoms with van der Waals surface area (Å²) in [5.74, 6) is 2.01. The van der Waals surface area contributed by atoms with Gasteiger partial charge in [-0.15, -0.1) is 10.2 Å². The lowest BCUT2D eigenvalue weighted by Crippen LogP contribution is -2.33. The van der Waals surface area contributed by atoms with Crippen molar-refractivity contribution < 1.29 is 27.0 Å². The van der Waals surface area contributed by atoms with Gasteiger partial charge in [-0.3, -0.25) is 9.29 Å². The summed E-state index contributed by atoms with van der Waals surface area (Å²) in [6.45, 7) is 3.34. The van der Waals surface area contributed by atoms with Gasteiger partial charge >= 0.3 is 0 Å². The van der Waals surface area contributed by atoms with Gasteiger partial charge in [0.15, 0.2) is 5.76 Å². The van der Waals surface area contributed by atoms with Crippen LogP contribution in [0.4, 0.5) is 5.95 Å². The summed E-state index contributed by atoms with van der Waals surface area (Å²) in [5.41, 5.74) is 1.54. The molecule has 13 heteroatoms. The van der Waals surface area contributed by atoms with Crippen LogP contribution >= 0.6 is 0 Å². The summed E-state index contributed by atoms with van der Waals surface area (Å²) >= 11 is 0. The van der Waals surface area contributed by atoms with Crippen molar-refractivity contribution in [3.63, 3.8) is 0 Å². The number of rotatable bonds is 10. The highest BCUT2D eigenvalue weighted by Crippen LogP contribution is 2.38. The summed E-state index contributed by atoms with van der Waals surface area (Å²) < 4.78 is 56.0. The number of aryl methyl sites for hydroxylation is 1. The fraction of sp³-hybridized carbons (Fsp3) is 0.269. The number of para-hydroxylation sites is 1. The molecule has 0 radical (unpaired) electrons. The molecule has 5 aromatic rings. The number of pyridine rings is 1. The van der Waals surface area contributed by atoms with E-state index in [1.54, 1.807) is 54.8 Å². The molecular weight excluding hydrogens is 524 g/mol. The predicted octanol–water partition coefficient (Wildman–Crippen LogP) is 4.02. The van der Waals surface area contributed by atoms with Gasteiger partial charge in [0.05, 0.1) is 19.9 Å². The second kappa shape index (κ2) is 10.4. The van der Waals surface area contributed by atoms with Crippen molar-refractivity contribution >= 4 is 21.6 Å². The third kappa shape index (κ3) is 4.81. The second-order valence-electron chi connectivity index (χ2n) is 8.74. The van der Waals surface area contributed by atoms with E-state index < -0.39 is 21.4 Å². The molecule has 4 heterocycles. The highest BCUT2D eigenvalue weighted by Gasteiger charge is 2.35. The number of anilines is 1. The van der Waals surface area contributed by atoms with Crippen LogP contribution in [-0.4, -0.2) is 59.1 Å². The monoisotopic (exact) mass is 552 g/mol. The van der Waals surface area contributed by atoms with Crippen molar-refractivity contribution in [1.29, 1.82) is 0 Å². The van der Waals surface area contributed by atoms with Gasteiger partial charge in [-0.25, -0.2) is 13.4 Å². The standard InChI is InChI=1S/C26H28N6O6S/c1-16-12-13-21(38-16)25-28-29-26(32(25)23-19(35-3)9-8-10-20(23)36-4)30-39(33,34)17(2)24(37-5)18-15-31-14-7-6-11-22(31)27-18/h6-15,17,24H,1-5H3,(H,29,30). The minimum absolute atomic E-state index is 0.0847. The first kappa shape index (κ1) is 26.3. The first-order valence-corrected chi connectivity index (χ1v) is 13.5. The molecule has 5 rings (SSSR count). The molecular formula is C26H28N6O6S. The molecule has 0 aliphatic heterocycles. The van der Waals surface area contributed by atoms with E-state index in [1.165, 1.54) is 25.9 Å². The van der Waals surface area contributed by atoms with E-state index in [0.29, 0.717) is 40.0 Å². The molecule has 2 atom stereocenters. The Hall–Kier alpha value is -4.36. The molecule has 0 fully saturated rings. The molecule has 0 spiro atoms. The number of hydrogen-bond acceptors (Lipinski definition) is 9. The van der Waals surface area contributed by atoms with Gasteiger partial charge in [-0.1, -0.05) is 12.1 Å². The zero-order chi connectivity index (χ0) is 27.7. The van der Waals surface area contributed by atoms with Crippen molar-refractivity contribution in [3.8, 4) is 28.8 Å². The van der Waals surface area contributed by atoms with Gasteiger partial charge in [0.25, 0.3) is 0 Å². The fourth-order valence-corrected chi connectivity index (χ4v) is 5.50. The largest absolute Gasteiger partial charge is 0.494 e. The lowest BCUT2D eigenvalue weighted by Gasteiger charge is -2.22. The smallest absolute Gasteiger partial charge is 0.243 e. The fourth-order valence-electron chi connectivity index (χ4n) is 4.36. The first-order valence-electron chi connectivity index (χ1n) is 12.0. The Kier molecular flexibility index (Phi) is 7.02. The number of nitrogens with one attached hydrogen (secondary N) is 1. The van der Waals surface area contributed by atoms with Crippen LogP contribution in [0.2, 0.25) is 0 Å². The molecule has 0 saturated carbocycles. The Bertz CT molecular complexity index is 1670. The van der Waals surface area contributed by atoms with Gasteiger partial charge in [0.2, 0.25) is 21.8 Å². The van der Waals surface area contributed by atoms with Crippen LogP contribution in [0.1, 0.15) is 24.5 Å². The molecule has 2 unspecified atom stereocenters. The van der Waals surface area contributed by atoms with Crippen LogP contribution in [0, 0.1) is 6.92 Å². The van der Waals surface area contributed by atoms with E-state index in [0.717, 1.165) is 0 Å². The van der Waals surface area contributed by atoms with Crippen LogP contribution in [0.15, 0.2) is 65.3 Å². The molecule has 12 nitrogen and oxygen atoms in total. The number of aromatic nitrogens is 5. The normalized spacial score (nSPS) is 13.4. The van der Waals surface area contributed by atoms with Crippen LogP contribution in [0.5, 0.6) is 11.5 Å². The van der Waals surface area contributed by atoms with Crippen molar-refractivity contribution in [2.45, 2.75) is 25.2 Å². The molecule has 0 bridgehead atoms. The Labute approximate surface area is 225 Å². The van der Waals surface area contributed by atoms with E-state index in [4.69, 9.17) is 18.6 Å². The Morgan fingerprint density at radius 3 is 2.33 bits per heavy atom. The molecule has 0 amide bonds. The lowest BCUT2D eigenvalue weighted by molar-refractivity contribution is 0.0993. The summed E-state index contributed by atoms with van der Waals surface area (Å²) in [6.07, 6.45) is 2.71. The van der Waals surface area contributed by atoms with Crippen LogP contribution in [-0.2, 0) is 14.8 Å². The maximum absolute atomic E-state index is 13.7. The number of hydrogen-bond donors (Lipinski definition) is 1. The topological polar surface area (TPSA) is 135 Å². The highest BCUT2D eigenvalue weighted by atomic mass is 32.2. The molecule has 0 saturated heterocycles. The number of ether oxygens (including phenoxy) is 3. The molecule has 204 valence electrons. The average molecular weight is 553 g/mol. The summed E-state index contributed by atoms with van der Waals surface area (Å²) in [6, 6.07) is 14.2. The zero-order valence-corrected chi connectivity index (χ0v) is 22.8. The number of methoxy groups -OCH3 is 3. The molecule has 1 aromatic carbocycles. The number of fused-ring (bicyclic) bond motifs is 1. The maximum Gasteiger partial charge on any atom is 0.243 e. The molecule has 4 aromatic heterocycles. The van der Waals surface area contributed by atoms with E-state index in [-0.39, 0.29) is 11.8 Å². The zero-order valence-electron chi connectivity index (χ0n) is 22.0. The van der Waals surface area contributed by atoms with Crippen LogP contribution in [0.3, 0.4) is 0 Å². The van der Waals surface area contributed by atoms with Crippen LogP contribution < -0.4 is 14.2 Å². The van der Waals surface area contributed by atoms with Crippen LogP contribution in [0.25, 0.3) is 22.9 Å². The third-order valence-corrected chi connectivity index (χ3v) is 8.02. The summed E-state index contributed by atoms with van der Waals surface area (Å²) in [4.78, 5) is 4.55. The summed E-state index contributed by atoms with van der Waals surface area (Å²) in [7, 11) is 0.348. The number of nitrogens with zero attached hydrogens (tertiary/aromatic N) is 5. The SMILES string of the molecule is COc1cccc(OC)c1-n1c(NS(=O)(=O)C(C)C(OC)c2cn3ccccc3n2)nnc1-c1ccc(C)o1. The van der Waals surface area contributed by atoms with Gasteiger partial charge in [0.1, 0.15) is 39.9 Å². The van der Waals surface area contributed by atoms with Crippen molar-refractivity contribution in [3.05, 3.63) is 72.4 Å². The number of imidazole rings is 1. The van der Waals surface area contributed by atoms with Crippen molar-refractivity contribution in [1.82, 2.24) is 24.1 Å². The second-order valence-corrected chi connectivity index (χ2v) is 10.8. The maximum atomic E-state index is 13.7. The van der Waals surface area contributed by atoms with Crippen molar-refractivity contribution in [2.24, 2.45) is 0 Å². The third-order valence-electron chi connectivity index (χ3n) is 6.33. The lowest BCUT2D eigenvalue weighted by atomic mass is 10.2. The number of sulfonamides is 1. The molecule has 39 heavy (non-hydrogen) atoms. The van der Waals surface area contributed by atoms with Gasteiger partial charge in [-0.2, -0.15) is 0 Å².